The predicted molar refractivity (Wildman–Crippen MR) is 132 cm³/mol. The van der Waals surface area contributed by atoms with E-state index in [4.69, 9.17) is 4.55 Å². The molecule has 0 aromatic heterocycles. The van der Waals surface area contributed by atoms with Gasteiger partial charge in [0.15, 0.2) is 5.75 Å². The van der Waals surface area contributed by atoms with Crippen LogP contribution in [0.15, 0.2) is 69.7 Å². The van der Waals surface area contributed by atoms with Gasteiger partial charge in [-0.1, -0.05) is 42.5 Å². The van der Waals surface area contributed by atoms with Crippen molar-refractivity contribution in [2.45, 2.75) is 11.4 Å². The van der Waals surface area contributed by atoms with Crippen molar-refractivity contribution in [3.8, 4) is 5.75 Å². The Morgan fingerprint density at radius 1 is 0.941 bits per heavy atom. The van der Waals surface area contributed by atoms with Gasteiger partial charge in [0, 0.05) is 24.7 Å². The Balaban J connectivity index is 0.000000629. The summed E-state index contributed by atoms with van der Waals surface area (Å²) in [6.07, 6.45) is 0.715. The maximum atomic E-state index is 11.6. The van der Waals surface area contributed by atoms with E-state index in [0.29, 0.717) is 29.3 Å². The first-order valence-electron chi connectivity index (χ1n) is 9.68. The van der Waals surface area contributed by atoms with Crippen LogP contribution >= 0.6 is 0 Å². The molecular weight excluding hydrogens is 484 g/mol. The molecular formula is C21H28N4O7S2. The highest BCUT2D eigenvalue weighted by molar-refractivity contribution is 7.86. The van der Waals surface area contributed by atoms with Gasteiger partial charge in [-0.2, -0.15) is 27.1 Å². The summed E-state index contributed by atoms with van der Waals surface area (Å²) in [5.41, 5.74) is 1.36. The van der Waals surface area contributed by atoms with E-state index in [9.17, 15) is 26.5 Å². The van der Waals surface area contributed by atoms with Crippen LogP contribution < -0.4 is 10.6 Å². The summed E-state index contributed by atoms with van der Waals surface area (Å²) >= 11 is 0. The number of phenolic OH excluding ortho intramolecular Hbond substituents is 1. The second-order valence-electron chi connectivity index (χ2n) is 6.82. The smallest absolute Gasteiger partial charge is 0.296 e. The molecule has 0 heterocycles. The lowest BCUT2D eigenvalue weighted by molar-refractivity contribution is 0.472. The minimum absolute atomic E-state index is 0.295. The Kier molecular flexibility index (Phi) is 11.0. The number of hydrogen-bond acceptors (Lipinski definition) is 9. The zero-order chi connectivity index (χ0) is 25.9. The molecule has 13 heteroatoms. The Morgan fingerprint density at radius 2 is 1.50 bits per heavy atom. The fourth-order valence-electron chi connectivity index (χ4n) is 2.73. The molecule has 5 N–H and O–H groups in total. The average Bonchev–Trinajstić information content (AvgIpc) is 2.73. The van der Waals surface area contributed by atoms with Crippen LogP contribution in [0.25, 0.3) is 10.8 Å². The van der Waals surface area contributed by atoms with E-state index < -0.39 is 25.1 Å². The Bertz CT molecular complexity index is 1320. The fraction of sp³-hybridized carbons (Fsp3) is 0.238. The molecule has 0 saturated carbocycles. The first kappa shape index (κ1) is 28.9. The number of aromatic hydroxyl groups is 1. The minimum Gasteiger partial charge on any atom is -0.505 e. The molecule has 0 atom stereocenters. The topological polar surface area (TPSA) is 178 Å². The van der Waals surface area contributed by atoms with E-state index in [1.807, 2.05) is 44.4 Å². The molecule has 3 aromatic carbocycles. The van der Waals surface area contributed by atoms with Crippen molar-refractivity contribution < 1.29 is 31.0 Å². The van der Waals surface area contributed by atoms with Crippen LogP contribution in [0.5, 0.6) is 5.75 Å². The monoisotopic (exact) mass is 512 g/mol. The number of nitrogens with zero attached hydrogens (tertiary/aromatic N) is 2. The molecule has 0 spiro atoms. The third kappa shape index (κ3) is 9.41. The first-order valence-corrected chi connectivity index (χ1v) is 13.0. The quantitative estimate of drug-likeness (QED) is 0.253. The lowest BCUT2D eigenvalue weighted by Crippen LogP contribution is -2.02. The molecule has 0 aliphatic carbocycles. The second-order valence-corrected chi connectivity index (χ2v) is 9.68. The molecule has 3 aromatic rings. The van der Waals surface area contributed by atoms with Crippen LogP contribution in [-0.2, 0) is 26.8 Å². The summed E-state index contributed by atoms with van der Waals surface area (Å²) in [6, 6.07) is 16.1. The van der Waals surface area contributed by atoms with Crippen molar-refractivity contribution in [1.29, 1.82) is 0 Å². The lowest BCUT2D eigenvalue weighted by Gasteiger charge is -2.14. The third-order valence-corrected chi connectivity index (χ3v) is 4.75. The molecule has 0 bridgehead atoms. The largest absolute Gasteiger partial charge is 0.505 e. The van der Waals surface area contributed by atoms with Crippen LogP contribution in [0.4, 0.5) is 11.4 Å². The highest BCUT2D eigenvalue weighted by Crippen LogP contribution is 2.43. The Hall–Kier alpha value is -3.10. The molecule has 0 saturated heterocycles. The second kappa shape index (κ2) is 13.0. The Morgan fingerprint density at radius 3 is 2.00 bits per heavy atom. The number of rotatable bonds is 5. The van der Waals surface area contributed by atoms with Crippen molar-refractivity contribution in [3.63, 3.8) is 0 Å². The highest BCUT2D eigenvalue weighted by atomic mass is 32.2. The van der Waals surface area contributed by atoms with Gasteiger partial charge in [-0.25, -0.2) is 0 Å². The maximum absolute atomic E-state index is 11.6. The van der Waals surface area contributed by atoms with E-state index in [-0.39, 0.29) is 11.4 Å². The normalized spacial score (nSPS) is 11.4. The Labute approximate surface area is 199 Å². The molecule has 0 unspecified atom stereocenters. The van der Waals surface area contributed by atoms with Gasteiger partial charge in [-0.3, -0.25) is 9.11 Å². The molecule has 11 nitrogen and oxygen atoms in total. The van der Waals surface area contributed by atoms with Crippen LogP contribution in [0.2, 0.25) is 0 Å². The summed E-state index contributed by atoms with van der Waals surface area (Å²) in [6.45, 7) is 0.518. The zero-order valence-electron chi connectivity index (χ0n) is 19.1. The van der Waals surface area contributed by atoms with E-state index >= 15 is 0 Å². The standard InChI is InChI=1S/C18H17N3O4S.C2H7N.CH4O3S/c1-19-21-17-15(26(23,24)25)10-13-8-5-9-14(16(13)18(17)22)20-11-12-6-3-2-4-7-12;1-3-2;1-5(2,3)4/h2-10,20,22H,11H2,1H3,(H,23,24,25);3H,1-2H3;1H3,(H,2,3,4). The van der Waals surface area contributed by atoms with E-state index in [1.54, 1.807) is 18.2 Å². The molecule has 0 amide bonds. The van der Waals surface area contributed by atoms with Gasteiger partial charge in [-0.15, -0.1) is 0 Å². The summed E-state index contributed by atoms with van der Waals surface area (Å²) in [7, 11) is -3.14. The molecule has 0 radical (unpaired) electrons. The number of azo groups is 1. The third-order valence-electron chi connectivity index (χ3n) is 3.88. The molecule has 3 rings (SSSR count). The summed E-state index contributed by atoms with van der Waals surface area (Å²) in [5.74, 6) is -0.364. The number of fused-ring (bicyclic) bond motifs is 1. The number of anilines is 1. The van der Waals surface area contributed by atoms with Gasteiger partial charge >= 0.3 is 0 Å². The predicted octanol–water partition coefficient (Wildman–Crippen LogP) is 3.46. The molecule has 186 valence electrons. The maximum Gasteiger partial charge on any atom is 0.296 e. The molecule has 0 aliphatic rings. The molecule has 0 aliphatic heterocycles. The average molecular weight is 513 g/mol. The van der Waals surface area contributed by atoms with Crippen molar-refractivity contribution in [3.05, 3.63) is 60.2 Å². The van der Waals surface area contributed by atoms with Crippen LogP contribution in [0, 0.1) is 0 Å². The van der Waals surface area contributed by atoms with Crippen LogP contribution in [0.3, 0.4) is 0 Å². The lowest BCUT2D eigenvalue weighted by atomic mass is 10.1. The zero-order valence-corrected chi connectivity index (χ0v) is 20.7. The van der Waals surface area contributed by atoms with Gasteiger partial charge in [-0.05, 0) is 37.2 Å². The first-order chi connectivity index (χ1) is 15.8. The summed E-state index contributed by atoms with van der Waals surface area (Å²) < 4.78 is 58.6. The van der Waals surface area contributed by atoms with E-state index in [2.05, 4.69) is 20.9 Å². The van der Waals surface area contributed by atoms with Gasteiger partial charge in [0.25, 0.3) is 20.2 Å². The van der Waals surface area contributed by atoms with Crippen molar-refractivity contribution in [2.75, 3.05) is 32.7 Å². The SMILES string of the molecule is CN=Nc1c(S(=O)(=O)O)cc2cccc(NCc3ccccc3)c2c1O.CNC.CS(=O)(=O)O. The van der Waals surface area contributed by atoms with E-state index in [1.165, 1.54) is 13.1 Å². The van der Waals surface area contributed by atoms with Gasteiger partial charge in [0.05, 0.1) is 6.26 Å². The van der Waals surface area contributed by atoms with Crippen molar-refractivity contribution in [1.82, 2.24) is 5.32 Å². The summed E-state index contributed by atoms with van der Waals surface area (Å²) in [5, 5.41) is 24.7. The van der Waals surface area contributed by atoms with Crippen LogP contribution in [0.1, 0.15) is 5.56 Å². The minimum atomic E-state index is -4.57. The number of nitrogens with one attached hydrogen (secondary N) is 2. The van der Waals surface area contributed by atoms with Crippen molar-refractivity contribution >= 4 is 42.4 Å². The molecule has 0 fully saturated rings. The summed E-state index contributed by atoms with van der Waals surface area (Å²) in [4.78, 5) is -0.492. The highest BCUT2D eigenvalue weighted by Gasteiger charge is 2.23. The van der Waals surface area contributed by atoms with E-state index in [0.717, 1.165) is 5.56 Å². The van der Waals surface area contributed by atoms with Gasteiger partial charge in [0.2, 0.25) is 0 Å². The van der Waals surface area contributed by atoms with Crippen LogP contribution in [-0.4, -0.2) is 58.4 Å². The number of phenols is 1. The molecule has 34 heavy (non-hydrogen) atoms. The number of benzene rings is 3. The fourth-order valence-corrected chi connectivity index (χ4v) is 3.39. The van der Waals surface area contributed by atoms with Gasteiger partial charge < -0.3 is 15.7 Å². The van der Waals surface area contributed by atoms with Gasteiger partial charge in [0.1, 0.15) is 10.6 Å². The number of hydrogen-bond donors (Lipinski definition) is 5. The van der Waals surface area contributed by atoms with Crippen molar-refractivity contribution in [2.24, 2.45) is 10.2 Å².